The molecule has 3 N–H and O–H groups in total. The second kappa shape index (κ2) is 10.4. The fraction of sp³-hybridized carbons (Fsp3) is 0.310. The number of nitrogens with one attached hydrogen (secondary N) is 1. The Morgan fingerprint density at radius 2 is 1.93 bits per heavy atom. The van der Waals surface area contributed by atoms with E-state index in [-0.39, 0.29) is 18.7 Å². The van der Waals surface area contributed by atoms with Crippen LogP contribution < -0.4 is 25.4 Å². The quantitative estimate of drug-likeness (QED) is 0.368. The second-order valence-electron chi connectivity index (χ2n) is 10.1. The molecule has 2 aliphatic rings. The molecule has 1 saturated heterocycles. The number of ether oxygens (including phenoxy) is 2. The van der Waals surface area contributed by atoms with E-state index in [0.29, 0.717) is 50.9 Å². The van der Waals surface area contributed by atoms with E-state index in [1.165, 1.54) is 6.33 Å². The Bertz CT molecular complexity index is 1600. The summed E-state index contributed by atoms with van der Waals surface area (Å²) in [6.07, 6.45) is 7.66. The molecule has 0 bridgehead atoms. The van der Waals surface area contributed by atoms with E-state index in [2.05, 4.69) is 32.5 Å². The molecule has 1 fully saturated rings. The van der Waals surface area contributed by atoms with E-state index in [1.807, 2.05) is 48.8 Å². The SMILES string of the molecule is CC=CN1CCC[C@@H](n2nc(-c3ccc(NC(=O)c4ccc(N(C)C)cc4)c4c3OCO4)c3c(N)ncnc32)C1. The van der Waals surface area contributed by atoms with Crippen molar-refractivity contribution in [1.82, 2.24) is 24.6 Å². The molecule has 2 aromatic carbocycles. The first kappa shape index (κ1) is 25.5. The van der Waals surface area contributed by atoms with Crippen LogP contribution in [0.2, 0.25) is 0 Å². The Kier molecular flexibility index (Phi) is 6.63. The summed E-state index contributed by atoms with van der Waals surface area (Å²) < 4.78 is 13.7. The Balaban J connectivity index is 1.37. The average molecular weight is 541 g/mol. The summed E-state index contributed by atoms with van der Waals surface area (Å²) in [5.41, 5.74) is 10.5. The molecule has 4 heterocycles. The number of benzene rings is 2. The van der Waals surface area contributed by atoms with Gasteiger partial charge in [0.25, 0.3) is 5.91 Å². The number of allylic oxidation sites excluding steroid dienone is 1. The molecule has 1 atom stereocenters. The summed E-state index contributed by atoms with van der Waals surface area (Å²) >= 11 is 0. The number of carbonyl (C=O) groups excluding carboxylic acids is 1. The normalized spacial score (nSPS) is 16.6. The van der Waals surface area contributed by atoms with Crippen molar-refractivity contribution in [2.45, 2.75) is 25.8 Å². The van der Waals surface area contributed by atoms with E-state index >= 15 is 0 Å². The van der Waals surface area contributed by atoms with Crippen molar-refractivity contribution >= 4 is 34.1 Å². The molecular formula is C29H32N8O3. The first-order valence-electron chi connectivity index (χ1n) is 13.3. The number of piperidine rings is 1. The van der Waals surface area contributed by atoms with Crippen molar-refractivity contribution in [2.24, 2.45) is 0 Å². The van der Waals surface area contributed by atoms with Crippen LogP contribution in [0, 0.1) is 0 Å². The van der Waals surface area contributed by atoms with Crippen molar-refractivity contribution in [1.29, 1.82) is 0 Å². The molecule has 0 radical (unpaired) electrons. The summed E-state index contributed by atoms with van der Waals surface area (Å²) in [6, 6.07) is 11.2. The minimum Gasteiger partial charge on any atom is -0.453 e. The summed E-state index contributed by atoms with van der Waals surface area (Å²) in [4.78, 5) is 26.2. The number of likely N-dealkylation sites (tertiary alicyclic amines) is 1. The number of nitrogens with zero attached hydrogens (tertiary/aromatic N) is 6. The predicted octanol–water partition coefficient (Wildman–Crippen LogP) is 4.29. The van der Waals surface area contributed by atoms with E-state index in [4.69, 9.17) is 20.3 Å². The number of amides is 1. The molecule has 11 nitrogen and oxygen atoms in total. The highest BCUT2D eigenvalue weighted by Gasteiger charge is 2.30. The molecule has 0 unspecified atom stereocenters. The third-order valence-corrected chi connectivity index (χ3v) is 7.32. The van der Waals surface area contributed by atoms with Gasteiger partial charge in [-0.1, -0.05) is 6.08 Å². The zero-order valence-corrected chi connectivity index (χ0v) is 22.8. The van der Waals surface area contributed by atoms with Crippen molar-refractivity contribution in [3.63, 3.8) is 0 Å². The van der Waals surface area contributed by atoms with Crippen LogP contribution in [0.25, 0.3) is 22.3 Å². The second-order valence-corrected chi connectivity index (χ2v) is 10.1. The van der Waals surface area contributed by atoms with Crippen LogP contribution in [0.4, 0.5) is 17.2 Å². The van der Waals surface area contributed by atoms with Crippen molar-refractivity contribution < 1.29 is 14.3 Å². The van der Waals surface area contributed by atoms with E-state index in [9.17, 15) is 4.79 Å². The Morgan fingerprint density at radius 3 is 2.70 bits per heavy atom. The van der Waals surface area contributed by atoms with Crippen LogP contribution in [0.1, 0.15) is 36.2 Å². The van der Waals surface area contributed by atoms with Crippen molar-refractivity contribution in [3.05, 3.63) is 60.6 Å². The molecular weight excluding hydrogens is 508 g/mol. The third-order valence-electron chi connectivity index (χ3n) is 7.32. The smallest absolute Gasteiger partial charge is 0.255 e. The Hall–Kier alpha value is -4.80. The van der Waals surface area contributed by atoms with E-state index in [0.717, 1.165) is 31.6 Å². The van der Waals surface area contributed by atoms with Gasteiger partial charge in [0.2, 0.25) is 6.79 Å². The first-order chi connectivity index (χ1) is 19.4. The van der Waals surface area contributed by atoms with Gasteiger partial charge in [-0.05, 0) is 62.4 Å². The molecule has 0 spiro atoms. The molecule has 2 aliphatic heterocycles. The molecule has 1 amide bonds. The van der Waals surface area contributed by atoms with Gasteiger partial charge >= 0.3 is 0 Å². The maximum Gasteiger partial charge on any atom is 0.255 e. The lowest BCUT2D eigenvalue weighted by molar-refractivity contribution is 0.102. The average Bonchev–Trinajstić information content (AvgIpc) is 3.60. The number of hydrogen-bond donors (Lipinski definition) is 2. The fourth-order valence-corrected chi connectivity index (χ4v) is 5.35. The number of anilines is 3. The molecule has 0 aliphatic carbocycles. The predicted molar refractivity (Wildman–Crippen MR) is 155 cm³/mol. The molecule has 6 rings (SSSR count). The zero-order chi connectivity index (χ0) is 27.8. The van der Waals surface area contributed by atoms with Crippen LogP contribution >= 0.6 is 0 Å². The summed E-state index contributed by atoms with van der Waals surface area (Å²) in [6.45, 7) is 3.88. The summed E-state index contributed by atoms with van der Waals surface area (Å²) in [5, 5.41) is 8.66. The van der Waals surface area contributed by atoms with Crippen molar-refractivity contribution in [3.8, 4) is 22.8 Å². The maximum absolute atomic E-state index is 13.0. The third kappa shape index (κ3) is 4.53. The molecule has 2 aromatic heterocycles. The van der Waals surface area contributed by atoms with E-state index in [1.54, 1.807) is 18.2 Å². The standard InChI is InChI=1S/C29H32N8O3/c1-4-13-36-14-5-6-20(15-36)37-28-23(27(30)31-16-32-28)24(34-37)21-11-12-22(26-25(21)39-17-40-26)33-29(38)18-7-9-19(10-8-18)35(2)3/h4,7-13,16,20H,5-6,14-15,17H2,1-3H3,(H,33,38)(H2,30,31,32)/t20-/m1/s1. The largest absolute Gasteiger partial charge is 0.453 e. The lowest BCUT2D eigenvalue weighted by Gasteiger charge is -2.32. The number of aromatic nitrogens is 4. The number of rotatable bonds is 6. The van der Waals surface area contributed by atoms with E-state index < -0.39 is 0 Å². The molecule has 4 aromatic rings. The molecule has 0 saturated carbocycles. The van der Waals surface area contributed by atoms with Gasteiger partial charge in [0.1, 0.15) is 17.8 Å². The number of fused-ring (bicyclic) bond motifs is 2. The Morgan fingerprint density at radius 1 is 1.12 bits per heavy atom. The van der Waals surface area contributed by atoms with Gasteiger partial charge in [0.15, 0.2) is 17.1 Å². The van der Waals surface area contributed by atoms with Gasteiger partial charge in [-0.25, -0.2) is 14.6 Å². The summed E-state index contributed by atoms with van der Waals surface area (Å²) in [5.74, 6) is 1.05. The van der Waals surface area contributed by atoms with Gasteiger partial charge in [-0.2, -0.15) is 5.10 Å². The van der Waals surface area contributed by atoms with Crippen molar-refractivity contribution in [2.75, 3.05) is 49.9 Å². The Labute approximate surface area is 232 Å². The zero-order valence-electron chi connectivity index (χ0n) is 22.8. The highest BCUT2D eigenvalue weighted by atomic mass is 16.7. The van der Waals surface area contributed by atoms with Crippen LogP contribution in [0.5, 0.6) is 11.5 Å². The maximum atomic E-state index is 13.0. The highest BCUT2D eigenvalue weighted by Crippen LogP contribution is 2.48. The van der Waals surface area contributed by atoms with Crippen LogP contribution in [-0.2, 0) is 0 Å². The molecule has 206 valence electrons. The van der Waals surface area contributed by atoms with Gasteiger partial charge in [-0.15, -0.1) is 0 Å². The minimum atomic E-state index is -0.244. The number of nitrogens with two attached hydrogens (primary N) is 1. The molecule has 11 heteroatoms. The van der Waals surface area contributed by atoms with Crippen LogP contribution in [0.3, 0.4) is 0 Å². The number of nitrogen functional groups attached to an aromatic ring is 1. The number of hydrogen-bond acceptors (Lipinski definition) is 9. The summed E-state index contributed by atoms with van der Waals surface area (Å²) in [7, 11) is 3.91. The number of carbonyl (C=O) groups is 1. The fourth-order valence-electron chi connectivity index (χ4n) is 5.35. The van der Waals surface area contributed by atoms with Gasteiger partial charge in [0, 0.05) is 44.0 Å². The van der Waals surface area contributed by atoms with Gasteiger partial charge in [-0.3, -0.25) is 4.79 Å². The monoisotopic (exact) mass is 540 g/mol. The minimum absolute atomic E-state index is 0.0261. The highest BCUT2D eigenvalue weighted by molar-refractivity contribution is 6.06. The molecule has 40 heavy (non-hydrogen) atoms. The van der Waals surface area contributed by atoms with Crippen LogP contribution in [-0.4, -0.2) is 64.5 Å². The topological polar surface area (TPSA) is 124 Å². The first-order valence-corrected chi connectivity index (χ1v) is 13.3. The lowest BCUT2D eigenvalue weighted by atomic mass is 10.1. The van der Waals surface area contributed by atoms with Gasteiger partial charge < -0.3 is 30.3 Å². The lowest BCUT2D eigenvalue weighted by Crippen LogP contribution is -2.33. The van der Waals surface area contributed by atoms with Crippen LogP contribution in [0.15, 0.2) is 55.0 Å². The van der Waals surface area contributed by atoms with Gasteiger partial charge in [0.05, 0.1) is 17.1 Å².